The summed E-state index contributed by atoms with van der Waals surface area (Å²) in [6.45, 7) is 4.78. The summed E-state index contributed by atoms with van der Waals surface area (Å²) in [4.78, 5) is 35.0. The van der Waals surface area contributed by atoms with E-state index in [0.717, 1.165) is 0 Å². The zero-order chi connectivity index (χ0) is 23.5. The van der Waals surface area contributed by atoms with Gasteiger partial charge in [-0.3, -0.25) is 9.48 Å². The molecule has 0 saturated heterocycles. The molecule has 0 saturated carbocycles. The standard InChI is InChI=1S/C23H26FN5O4/c1-4-33-14(2)26-23-25-12-11-17(27-23)20-19(15-7-9-16(24)10-8-15)21(30)29-18(22(31)32-3)6-5-13-28(20)29/h7-12,14,18H,4-6,13H2,1-3H3,(H,25,26,27). The summed E-state index contributed by atoms with van der Waals surface area (Å²) in [5.41, 5.74) is 1.55. The van der Waals surface area contributed by atoms with Crippen LogP contribution in [0.1, 0.15) is 32.7 Å². The second-order valence-corrected chi connectivity index (χ2v) is 7.69. The third kappa shape index (κ3) is 4.38. The van der Waals surface area contributed by atoms with Gasteiger partial charge in [-0.05, 0) is 50.5 Å². The molecule has 3 aromatic rings. The van der Waals surface area contributed by atoms with Gasteiger partial charge in [0.1, 0.15) is 12.0 Å². The molecule has 174 valence electrons. The fourth-order valence-corrected chi connectivity index (χ4v) is 4.17. The first-order valence-electron chi connectivity index (χ1n) is 10.8. The van der Waals surface area contributed by atoms with Crippen LogP contribution in [0, 0.1) is 5.82 Å². The van der Waals surface area contributed by atoms with Crippen LogP contribution < -0.4 is 10.9 Å². The number of anilines is 1. The Morgan fingerprint density at radius 2 is 2.06 bits per heavy atom. The van der Waals surface area contributed by atoms with Crippen LogP contribution in [0.5, 0.6) is 0 Å². The van der Waals surface area contributed by atoms with E-state index in [9.17, 15) is 14.0 Å². The van der Waals surface area contributed by atoms with Crippen LogP contribution in [-0.4, -0.2) is 45.2 Å². The molecule has 1 aliphatic rings. The van der Waals surface area contributed by atoms with Crippen molar-refractivity contribution in [2.45, 2.75) is 45.5 Å². The van der Waals surface area contributed by atoms with E-state index in [0.29, 0.717) is 54.5 Å². The number of ether oxygens (including phenoxy) is 2. The number of esters is 1. The normalized spacial score (nSPS) is 16.2. The van der Waals surface area contributed by atoms with Gasteiger partial charge in [0.15, 0.2) is 6.04 Å². The van der Waals surface area contributed by atoms with Gasteiger partial charge in [0, 0.05) is 19.3 Å². The molecule has 0 fully saturated rings. The average Bonchev–Trinajstić information content (AvgIpc) is 3.12. The Labute approximate surface area is 190 Å². The van der Waals surface area contributed by atoms with Gasteiger partial charge in [0.05, 0.1) is 24.1 Å². The summed E-state index contributed by atoms with van der Waals surface area (Å²) in [6.07, 6.45) is 2.45. The molecule has 2 aromatic heterocycles. The predicted octanol–water partition coefficient (Wildman–Crippen LogP) is 3.22. The van der Waals surface area contributed by atoms with E-state index >= 15 is 0 Å². The Morgan fingerprint density at radius 1 is 1.30 bits per heavy atom. The van der Waals surface area contributed by atoms with E-state index in [1.54, 1.807) is 29.1 Å². The third-order valence-electron chi connectivity index (χ3n) is 5.57. The minimum Gasteiger partial charge on any atom is -0.467 e. The number of rotatable bonds is 7. The summed E-state index contributed by atoms with van der Waals surface area (Å²) in [7, 11) is 1.30. The first-order chi connectivity index (χ1) is 15.9. The Hall–Kier alpha value is -3.53. The lowest BCUT2D eigenvalue weighted by Gasteiger charge is -2.26. The van der Waals surface area contributed by atoms with Crippen molar-refractivity contribution in [3.05, 3.63) is 52.7 Å². The zero-order valence-electron chi connectivity index (χ0n) is 18.7. The highest BCUT2D eigenvalue weighted by atomic mass is 19.1. The number of nitrogens with zero attached hydrogens (tertiary/aromatic N) is 4. The summed E-state index contributed by atoms with van der Waals surface area (Å²) in [5.74, 6) is -0.551. The van der Waals surface area contributed by atoms with E-state index in [1.165, 1.54) is 23.9 Å². The van der Waals surface area contributed by atoms with Gasteiger partial charge in [-0.2, -0.15) is 0 Å². The largest absolute Gasteiger partial charge is 0.467 e. The van der Waals surface area contributed by atoms with Gasteiger partial charge in [-0.15, -0.1) is 0 Å². The number of carbonyl (C=O) groups excluding carboxylic acids is 1. The maximum Gasteiger partial charge on any atom is 0.330 e. The Morgan fingerprint density at radius 3 is 2.76 bits per heavy atom. The van der Waals surface area contributed by atoms with Crippen LogP contribution in [0.2, 0.25) is 0 Å². The number of halogens is 1. The van der Waals surface area contributed by atoms with E-state index < -0.39 is 17.8 Å². The Kier molecular flexibility index (Phi) is 6.55. The van der Waals surface area contributed by atoms with Crippen molar-refractivity contribution in [1.29, 1.82) is 0 Å². The molecule has 1 N–H and O–H groups in total. The summed E-state index contributed by atoms with van der Waals surface area (Å²) in [5, 5.41) is 3.08. The van der Waals surface area contributed by atoms with Crippen LogP contribution in [0.3, 0.4) is 0 Å². The minimum atomic E-state index is -0.749. The first-order valence-corrected chi connectivity index (χ1v) is 10.8. The maximum atomic E-state index is 13.6. The fourth-order valence-electron chi connectivity index (χ4n) is 4.17. The molecule has 0 radical (unpaired) electrons. The van der Waals surface area contributed by atoms with Gasteiger partial charge in [-0.1, -0.05) is 12.1 Å². The van der Waals surface area contributed by atoms with Crippen molar-refractivity contribution in [3.8, 4) is 22.5 Å². The molecular weight excluding hydrogens is 429 g/mol. The lowest BCUT2D eigenvalue weighted by Crippen LogP contribution is -2.37. The molecule has 1 aliphatic heterocycles. The van der Waals surface area contributed by atoms with Crippen molar-refractivity contribution in [1.82, 2.24) is 19.3 Å². The fraction of sp³-hybridized carbons (Fsp3) is 0.391. The van der Waals surface area contributed by atoms with Crippen molar-refractivity contribution < 1.29 is 18.7 Å². The zero-order valence-corrected chi connectivity index (χ0v) is 18.7. The van der Waals surface area contributed by atoms with Crippen molar-refractivity contribution in [2.75, 3.05) is 19.0 Å². The van der Waals surface area contributed by atoms with Crippen LogP contribution in [-0.2, 0) is 20.8 Å². The lowest BCUT2D eigenvalue weighted by atomic mass is 10.0. The lowest BCUT2D eigenvalue weighted by molar-refractivity contribution is -0.146. The first kappa shape index (κ1) is 22.7. The van der Waals surface area contributed by atoms with E-state index in [-0.39, 0.29) is 11.8 Å². The van der Waals surface area contributed by atoms with Crippen molar-refractivity contribution in [2.24, 2.45) is 0 Å². The summed E-state index contributed by atoms with van der Waals surface area (Å²) < 4.78 is 27.3. The quantitative estimate of drug-likeness (QED) is 0.431. The molecular formula is C23H26FN5O4. The molecule has 0 amide bonds. The number of benzene rings is 1. The third-order valence-corrected chi connectivity index (χ3v) is 5.57. The topological polar surface area (TPSA) is 100 Å². The number of carbonyl (C=O) groups is 1. The molecule has 1 aromatic carbocycles. The molecule has 4 rings (SSSR count). The predicted molar refractivity (Wildman–Crippen MR) is 120 cm³/mol. The number of aromatic nitrogens is 4. The molecule has 3 heterocycles. The van der Waals surface area contributed by atoms with E-state index in [1.807, 2.05) is 13.8 Å². The van der Waals surface area contributed by atoms with Gasteiger partial charge in [0.2, 0.25) is 5.95 Å². The number of fused-ring (bicyclic) bond motifs is 1. The molecule has 9 nitrogen and oxygen atoms in total. The highest BCUT2D eigenvalue weighted by Crippen LogP contribution is 2.34. The number of hydrogen-bond acceptors (Lipinski definition) is 7. The van der Waals surface area contributed by atoms with Gasteiger partial charge in [0.25, 0.3) is 5.56 Å². The molecule has 0 bridgehead atoms. The Bertz CT molecular complexity index is 1200. The van der Waals surface area contributed by atoms with Crippen LogP contribution in [0.25, 0.3) is 22.5 Å². The highest BCUT2D eigenvalue weighted by molar-refractivity contribution is 5.81. The maximum absolute atomic E-state index is 13.6. The monoisotopic (exact) mass is 455 g/mol. The minimum absolute atomic E-state index is 0.309. The molecule has 0 spiro atoms. The van der Waals surface area contributed by atoms with E-state index in [4.69, 9.17) is 9.47 Å². The number of nitrogens with one attached hydrogen (secondary N) is 1. The summed E-state index contributed by atoms with van der Waals surface area (Å²) in [6, 6.07) is 6.65. The smallest absolute Gasteiger partial charge is 0.330 e. The van der Waals surface area contributed by atoms with Crippen LogP contribution in [0.15, 0.2) is 41.3 Å². The Balaban J connectivity index is 1.92. The number of hydrogen-bond donors (Lipinski definition) is 1. The molecule has 0 aliphatic carbocycles. The molecule has 33 heavy (non-hydrogen) atoms. The molecule has 2 unspecified atom stereocenters. The van der Waals surface area contributed by atoms with Crippen LogP contribution >= 0.6 is 0 Å². The van der Waals surface area contributed by atoms with E-state index in [2.05, 4.69) is 15.3 Å². The summed E-state index contributed by atoms with van der Waals surface area (Å²) >= 11 is 0. The van der Waals surface area contributed by atoms with Crippen molar-refractivity contribution >= 4 is 11.9 Å². The molecule has 10 heteroatoms. The van der Waals surface area contributed by atoms with Crippen molar-refractivity contribution in [3.63, 3.8) is 0 Å². The second-order valence-electron chi connectivity index (χ2n) is 7.69. The highest BCUT2D eigenvalue weighted by Gasteiger charge is 2.34. The SMILES string of the molecule is CCOC(C)Nc1nccc(-c2c(-c3ccc(F)cc3)c(=O)n3n2CCCC3C(=O)OC)n1. The van der Waals surface area contributed by atoms with Gasteiger partial charge >= 0.3 is 5.97 Å². The average molecular weight is 455 g/mol. The number of methoxy groups -OCH3 is 1. The van der Waals surface area contributed by atoms with Crippen LogP contribution in [0.4, 0.5) is 10.3 Å². The molecule has 2 atom stereocenters. The van der Waals surface area contributed by atoms with Gasteiger partial charge < -0.3 is 14.8 Å². The second kappa shape index (κ2) is 9.53. The van der Waals surface area contributed by atoms with Gasteiger partial charge in [-0.25, -0.2) is 23.8 Å².